The second-order valence-electron chi connectivity index (χ2n) is 3.03. The molecule has 0 spiro atoms. The number of hydrogen-bond acceptors (Lipinski definition) is 2. The average molecular weight is 174 g/mol. The zero-order valence-electron chi connectivity index (χ0n) is 7.46. The van der Waals surface area contributed by atoms with Crippen LogP contribution in [0.5, 0.6) is 0 Å². The van der Waals surface area contributed by atoms with Crippen LogP contribution in [0.25, 0.3) is 0 Å². The van der Waals surface area contributed by atoms with Crippen molar-refractivity contribution in [1.29, 1.82) is 0 Å². The number of hydrogen-bond donors (Lipinski definition) is 3. The highest BCUT2D eigenvalue weighted by Crippen LogP contribution is 1.94. The lowest BCUT2D eigenvalue weighted by molar-refractivity contribution is -0.414. The summed E-state index contributed by atoms with van der Waals surface area (Å²) < 4.78 is 0. The molecule has 0 aromatic carbocycles. The Kier molecular flexibility index (Phi) is 4.28. The van der Waals surface area contributed by atoms with Gasteiger partial charge in [-0.1, -0.05) is 13.8 Å². The molecule has 12 heavy (non-hydrogen) atoms. The van der Waals surface area contributed by atoms with Crippen LogP contribution in [-0.4, -0.2) is 24.4 Å². The third kappa shape index (κ3) is 3.92. The summed E-state index contributed by atoms with van der Waals surface area (Å²) in [4.78, 5) is 21.4. The van der Waals surface area contributed by atoms with Crippen molar-refractivity contribution in [2.45, 2.75) is 19.9 Å². The maximum absolute atomic E-state index is 11.1. The van der Waals surface area contributed by atoms with E-state index in [0.717, 1.165) is 0 Å². The first kappa shape index (κ1) is 10.9. The summed E-state index contributed by atoms with van der Waals surface area (Å²) in [6.45, 7) is 3.67. The number of nitrogens with two attached hydrogens (primary N) is 1. The van der Waals surface area contributed by atoms with Crippen LogP contribution in [0.2, 0.25) is 0 Å². The highest BCUT2D eigenvalue weighted by Gasteiger charge is 2.20. The maximum atomic E-state index is 11.1. The number of quaternary nitrogens is 1. The molecule has 0 aromatic heterocycles. The Morgan fingerprint density at radius 1 is 1.50 bits per heavy atom. The number of rotatable bonds is 4. The first-order chi connectivity index (χ1) is 5.45. The number of carbonyl (C=O) groups excluding carboxylic acids is 2. The molecular formula is C7H16N3O2+. The summed E-state index contributed by atoms with van der Waals surface area (Å²) in [5.74, 6) is -0.610. The number of nitrogens with one attached hydrogen (secondary N) is 1. The van der Waals surface area contributed by atoms with Crippen molar-refractivity contribution in [2.24, 2.45) is 11.7 Å². The van der Waals surface area contributed by atoms with Gasteiger partial charge in [-0.2, -0.15) is 0 Å². The first-order valence-corrected chi connectivity index (χ1v) is 3.84. The standard InChI is InChI=1S/C7H15N3O2/c1-4(2)6(9)7(12)10-3-5(8)11/h4,6H,3,9H2,1-2H3,(H2,8,11)(H,10,12)/p+1/t6-/m0/s1. The molecule has 0 saturated heterocycles. The fourth-order valence-corrected chi connectivity index (χ4v) is 0.608. The van der Waals surface area contributed by atoms with Crippen LogP contribution in [0.1, 0.15) is 13.8 Å². The van der Waals surface area contributed by atoms with Gasteiger partial charge in [-0.15, -0.1) is 0 Å². The van der Waals surface area contributed by atoms with E-state index in [1.54, 1.807) is 0 Å². The van der Waals surface area contributed by atoms with Crippen LogP contribution >= 0.6 is 0 Å². The van der Waals surface area contributed by atoms with Gasteiger partial charge in [-0.3, -0.25) is 9.59 Å². The fraction of sp³-hybridized carbons (Fsp3) is 0.714. The minimum atomic E-state index is -0.542. The lowest BCUT2D eigenvalue weighted by Gasteiger charge is -2.10. The van der Waals surface area contributed by atoms with E-state index in [0.29, 0.717) is 0 Å². The van der Waals surface area contributed by atoms with Crippen LogP contribution in [-0.2, 0) is 9.59 Å². The number of carbonyl (C=O) groups is 2. The normalized spacial score (nSPS) is 12.7. The van der Waals surface area contributed by atoms with Gasteiger partial charge in [0.05, 0.1) is 6.54 Å². The molecule has 0 aliphatic heterocycles. The van der Waals surface area contributed by atoms with E-state index >= 15 is 0 Å². The minimum absolute atomic E-state index is 0.114. The van der Waals surface area contributed by atoms with Crippen molar-refractivity contribution < 1.29 is 15.3 Å². The molecule has 5 nitrogen and oxygen atoms in total. The van der Waals surface area contributed by atoms with Crippen LogP contribution in [0, 0.1) is 5.92 Å². The highest BCUT2D eigenvalue weighted by molar-refractivity contribution is 5.85. The molecule has 0 unspecified atom stereocenters. The summed E-state index contributed by atoms with van der Waals surface area (Å²) in [6.07, 6.45) is 0. The van der Waals surface area contributed by atoms with Gasteiger partial charge in [-0.05, 0) is 0 Å². The van der Waals surface area contributed by atoms with E-state index in [1.807, 2.05) is 13.8 Å². The monoisotopic (exact) mass is 174 g/mol. The molecule has 0 heterocycles. The molecule has 0 fully saturated rings. The van der Waals surface area contributed by atoms with E-state index in [2.05, 4.69) is 11.1 Å². The third-order valence-corrected chi connectivity index (χ3v) is 1.58. The Bertz CT molecular complexity index is 179. The maximum Gasteiger partial charge on any atom is 0.278 e. The second-order valence-corrected chi connectivity index (χ2v) is 3.03. The summed E-state index contributed by atoms with van der Waals surface area (Å²) in [5, 5.41) is 2.39. The molecule has 2 amide bonds. The van der Waals surface area contributed by atoms with Crippen molar-refractivity contribution in [1.82, 2.24) is 5.32 Å². The van der Waals surface area contributed by atoms with Gasteiger partial charge in [0, 0.05) is 5.92 Å². The lowest BCUT2D eigenvalue weighted by atomic mass is 10.1. The molecular weight excluding hydrogens is 158 g/mol. The van der Waals surface area contributed by atoms with Gasteiger partial charge in [-0.25, -0.2) is 0 Å². The molecule has 70 valence electrons. The Balaban J connectivity index is 3.80. The first-order valence-electron chi connectivity index (χ1n) is 3.84. The molecule has 0 saturated carbocycles. The van der Waals surface area contributed by atoms with Gasteiger partial charge >= 0.3 is 0 Å². The molecule has 1 atom stereocenters. The molecule has 0 aliphatic rings. The van der Waals surface area contributed by atoms with Crippen molar-refractivity contribution in [3.05, 3.63) is 0 Å². The Morgan fingerprint density at radius 3 is 2.33 bits per heavy atom. The van der Waals surface area contributed by atoms with Crippen LogP contribution in [0.4, 0.5) is 0 Å². The predicted molar refractivity (Wildman–Crippen MR) is 43.7 cm³/mol. The third-order valence-electron chi connectivity index (χ3n) is 1.58. The van der Waals surface area contributed by atoms with Crippen molar-refractivity contribution >= 4 is 11.8 Å². The van der Waals surface area contributed by atoms with E-state index in [4.69, 9.17) is 5.73 Å². The Hall–Kier alpha value is -1.10. The van der Waals surface area contributed by atoms with Crippen molar-refractivity contribution in [3.8, 4) is 0 Å². The summed E-state index contributed by atoms with van der Waals surface area (Å²) in [5.41, 5.74) is 8.49. The molecule has 0 radical (unpaired) electrons. The predicted octanol–water partition coefficient (Wildman–Crippen LogP) is -2.15. The van der Waals surface area contributed by atoms with E-state index in [1.165, 1.54) is 0 Å². The van der Waals surface area contributed by atoms with Gasteiger partial charge in [0.2, 0.25) is 5.91 Å². The quantitative estimate of drug-likeness (QED) is 0.453. The molecule has 0 aliphatic carbocycles. The molecule has 0 rings (SSSR count). The molecule has 0 bridgehead atoms. The van der Waals surface area contributed by atoms with Gasteiger partial charge < -0.3 is 16.8 Å². The van der Waals surface area contributed by atoms with Gasteiger partial charge in [0.25, 0.3) is 5.91 Å². The van der Waals surface area contributed by atoms with Crippen molar-refractivity contribution in [3.63, 3.8) is 0 Å². The summed E-state index contributed by atoms with van der Waals surface area (Å²) in [7, 11) is 0. The van der Waals surface area contributed by atoms with E-state index < -0.39 is 5.91 Å². The van der Waals surface area contributed by atoms with E-state index in [-0.39, 0.29) is 24.4 Å². The van der Waals surface area contributed by atoms with E-state index in [9.17, 15) is 9.59 Å². The van der Waals surface area contributed by atoms with Crippen LogP contribution in [0.15, 0.2) is 0 Å². The number of primary amides is 1. The summed E-state index contributed by atoms with van der Waals surface area (Å²) >= 11 is 0. The fourth-order valence-electron chi connectivity index (χ4n) is 0.608. The SMILES string of the molecule is CC(C)[C@H]([NH3+])C(=O)NCC(N)=O. The zero-order chi connectivity index (χ0) is 9.72. The molecule has 0 aromatic rings. The molecule has 5 heteroatoms. The lowest BCUT2D eigenvalue weighted by Crippen LogP contribution is -2.70. The second kappa shape index (κ2) is 4.71. The zero-order valence-corrected chi connectivity index (χ0v) is 7.46. The number of amides is 2. The largest absolute Gasteiger partial charge is 0.368 e. The molecule has 6 N–H and O–H groups in total. The minimum Gasteiger partial charge on any atom is -0.368 e. The average Bonchev–Trinajstić information content (AvgIpc) is 1.98. The Morgan fingerprint density at radius 2 is 2.00 bits per heavy atom. The van der Waals surface area contributed by atoms with Gasteiger partial charge in [0.15, 0.2) is 6.04 Å². The Labute approximate surface area is 71.5 Å². The van der Waals surface area contributed by atoms with Crippen LogP contribution in [0.3, 0.4) is 0 Å². The van der Waals surface area contributed by atoms with Crippen LogP contribution < -0.4 is 16.8 Å². The van der Waals surface area contributed by atoms with Crippen molar-refractivity contribution in [2.75, 3.05) is 6.54 Å². The van der Waals surface area contributed by atoms with Gasteiger partial charge in [0.1, 0.15) is 0 Å². The summed E-state index contributed by atoms with van der Waals surface area (Å²) in [6, 6.07) is -0.329. The highest BCUT2D eigenvalue weighted by atomic mass is 16.2. The topological polar surface area (TPSA) is 99.8 Å². The smallest absolute Gasteiger partial charge is 0.278 e.